The topological polar surface area (TPSA) is 49.3 Å². The fourth-order valence-electron chi connectivity index (χ4n) is 3.61. The second kappa shape index (κ2) is 9.29. The Hall–Kier alpha value is -1.98. The van der Waals surface area contributed by atoms with E-state index in [0.29, 0.717) is 11.6 Å². The molecule has 2 aromatic rings. The molecule has 1 aliphatic rings. The highest BCUT2D eigenvalue weighted by Gasteiger charge is 2.23. The molecule has 3 rings (SSSR count). The molecule has 1 fully saturated rings. The number of piperidine rings is 1. The number of carbonyl (C=O) groups excluding carboxylic acids is 1. The second-order valence-electron chi connectivity index (χ2n) is 7.41. The maximum absolute atomic E-state index is 12.5. The van der Waals surface area contributed by atoms with Gasteiger partial charge in [0.15, 0.2) is 0 Å². The Morgan fingerprint density at radius 1 is 1.26 bits per heavy atom. The van der Waals surface area contributed by atoms with Gasteiger partial charge in [0.05, 0.1) is 11.9 Å². The first-order chi connectivity index (χ1) is 13.0. The van der Waals surface area contributed by atoms with Crippen molar-refractivity contribution in [1.82, 2.24) is 19.8 Å². The van der Waals surface area contributed by atoms with E-state index >= 15 is 0 Å². The van der Waals surface area contributed by atoms with E-state index in [9.17, 15) is 4.79 Å². The fourth-order valence-corrected chi connectivity index (χ4v) is 3.74. The molecule has 5 nitrogen and oxygen atoms in total. The third-order valence-corrected chi connectivity index (χ3v) is 5.36. The van der Waals surface area contributed by atoms with Crippen LogP contribution in [0, 0.1) is 12.8 Å². The summed E-state index contributed by atoms with van der Waals surface area (Å²) in [5.41, 5.74) is 2.54. The summed E-state index contributed by atoms with van der Waals surface area (Å²) in [6.45, 7) is 5.83. The Balaban J connectivity index is 1.49. The minimum atomic E-state index is -0.0548. The van der Waals surface area contributed by atoms with Crippen LogP contribution >= 0.6 is 11.6 Å². The van der Waals surface area contributed by atoms with E-state index in [1.54, 1.807) is 17.3 Å². The van der Waals surface area contributed by atoms with E-state index < -0.39 is 0 Å². The zero-order valence-corrected chi connectivity index (χ0v) is 16.8. The lowest BCUT2D eigenvalue weighted by atomic mass is 9.97. The van der Waals surface area contributed by atoms with Gasteiger partial charge >= 0.3 is 0 Å². The van der Waals surface area contributed by atoms with Gasteiger partial charge in [0.25, 0.3) is 5.91 Å². The van der Waals surface area contributed by atoms with E-state index in [1.807, 2.05) is 26.1 Å². The first kappa shape index (κ1) is 19.8. The number of carbonyl (C=O) groups is 1. The van der Waals surface area contributed by atoms with Gasteiger partial charge in [-0.25, -0.2) is 4.98 Å². The average Bonchev–Trinajstić information content (AvgIpc) is 2.68. The lowest BCUT2D eigenvalue weighted by Crippen LogP contribution is -2.42. The molecule has 6 heteroatoms. The van der Waals surface area contributed by atoms with Crippen molar-refractivity contribution in [3.8, 4) is 0 Å². The Morgan fingerprint density at radius 3 is 2.74 bits per heavy atom. The number of nitrogens with zero attached hydrogens (tertiary/aromatic N) is 4. The maximum Gasteiger partial charge on any atom is 0.273 e. The molecule has 0 N–H and O–H groups in total. The summed E-state index contributed by atoms with van der Waals surface area (Å²) in [4.78, 5) is 25.2. The lowest BCUT2D eigenvalue weighted by molar-refractivity contribution is 0.0724. The molecule has 1 amide bonds. The largest absolute Gasteiger partial charge is 0.340 e. The number of aromatic nitrogens is 2. The Labute approximate surface area is 166 Å². The van der Waals surface area contributed by atoms with Crippen LogP contribution in [-0.4, -0.2) is 58.9 Å². The predicted molar refractivity (Wildman–Crippen MR) is 108 cm³/mol. The maximum atomic E-state index is 12.5. The molecule has 2 heterocycles. The smallest absolute Gasteiger partial charge is 0.273 e. The van der Waals surface area contributed by atoms with Crippen molar-refractivity contribution in [3.05, 3.63) is 58.6 Å². The predicted octanol–water partition coefficient (Wildman–Crippen LogP) is 3.47. The van der Waals surface area contributed by atoms with Gasteiger partial charge in [-0.05, 0) is 56.3 Å². The fraction of sp³-hybridized carbons (Fsp3) is 0.476. The van der Waals surface area contributed by atoms with Crippen LogP contribution in [0.1, 0.15) is 34.6 Å². The van der Waals surface area contributed by atoms with Gasteiger partial charge in [0.1, 0.15) is 5.69 Å². The van der Waals surface area contributed by atoms with E-state index in [2.05, 4.69) is 27.0 Å². The summed E-state index contributed by atoms with van der Waals surface area (Å²) < 4.78 is 0. The van der Waals surface area contributed by atoms with Crippen molar-refractivity contribution >= 4 is 17.5 Å². The molecule has 1 saturated heterocycles. The van der Waals surface area contributed by atoms with Gasteiger partial charge in [0.2, 0.25) is 0 Å². The first-order valence-corrected chi connectivity index (χ1v) is 9.90. The summed E-state index contributed by atoms with van der Waals surface area (Å²) >= 11 is 5.95. The highest BCUT2D eigenvalue weighted by Crippen LogP contribution is 2.19. The molecule has 0 radical (unpaired) electrons. The van der Waals surface area contributed by atoms with E-state index in [4.69, 9.17) is 11.6 Å². The summed E-state index contributed by atoms with van der Waals surface area (Å²) in [7, 11) is 1.86. The molecule has 0 aliphatic carbocycles. The van der Waals surface area contributed by atoms with Gasteiger partial charge in [-0.2, -0.15) is 0 Å². The summed E-state index contributed by atoms with van der Waals surface area (Å²) in [6, 6.07) is 8.09. The zero-order valence-electron chi connectivity index (χ0n) is 16.1. The number of halogens is 1. The summed E-state index contributed by atoms with van der Waals surface area (Å²) in [6.07, 6.45) is 6.57. The van der Waals surface area contributed by atoms with Crippen LogP contribution in [0.4, 0.5) is 0 Å². The number of hydrogen-bond donors (Lipinski definition) is 0. The summed E-state index contributed by atoms with van der Waals surface area (Å²) in [5.74, 6) is 0.442. The minimum Gasteiger partial charge on any atom is -0.340 e. The van der Waals surface area contributed by atoms with E-state index in [-0.39, 0.29) is 5.91 Å². The van der Waals surface area contributed by atoms with Crippen LogP contribution in [0.3, 0.4) is 0 Å². The third-order valence-electron chi connectivity index (χ3n) is 5.11. The second-order valence-corrected chi connectivity index (χ2v) is 7.85. The Morgan fingerprint density at radius 2 is 2.04 bits per heavy atom. The molecular formula is C21H27ClN4O. The standard InChI is InChI=1S/C21H27ClN4O/c1-16-12-24-20(13-23-16)21(27)25(2)14-18-4-3-10-26(15-18)11-9-17-5-7-19(22)8-6-17/h5-8,12-13,18H,3-4,9-11,14-15H2,1-2H3/t18-/m1/s1. The van der Waals surface area contributed by atoms with Crippen molar-refractivity contribution < 1.29 is 4.79 Å². The van der Waals surface area contributed by atoms with Crippen molar-refractivity contribution in [2.75, 3.05) is 33.2 Å². The van der Waals surface area contributed by atoms with Gasteiger partial charge < -0.3 is 9.80 Å². The molecule has 144 valence electrons. The molecule has 0 saturated carbocycles. The average molecular weight is 387 g/mol. The lowest BCUT2D eigenvalue weighted by Gasteiger charge is -2.34. The molecule has 1 aliphatic heterocycles. The quantitative estimate of drug-likeness (QED) is 0.762. The molecule has 0 bridgehead atoms. The monoisotopic (exact) mass is 386 g/mol. The highest BCUT2D eigenvalue weighted by molar-refractivity contribution is 6.30. The number of aryl methyl sites for hydroxylation is 1. The van der Waals surface area contributed by atoms with Crippen LogP contribution in [-0.2, 0) is 6.42 Å². The summed E-state index contributed by atoms with van der Waals surface area (Å²) in [5, 5.41) is 0.780. The number of benzene rings is 1. The zero-order chi connectivity index (χ0) is 19.2. The molecule has 0 spiro atoms. The van der Waals surface area contributed by atoms with Gasteiger partial charge in [0, 0.05) is 37.9 Å². The van der Waals surface area contributed by atoms with Gasteiger partial charge in [-0.15, -0.1) is 0 Å². The number of rotatable bonds is 6. The molecule has 1 atom stereocenters. The number of likely N-dealkylation sites (tertiary alicyclic amines) is 1. The van der Waals surface area contributed by atoms with Crippen LogP contribution in [0.2, 0.25) is 5.02 Å². The van der Waals surface area contributed by atoms with Crippen LogP contribution in [0.25, 0.3) is 0 Å². The third kappa shape index (κ3) is 5.75. The normalized spacial score (nSPS) is 17.7. The van der Waals surface area contributed by atoms with E-state index in [1.165, 1.54) is 12.0 Å². The number of hydrogen-bond acceptors (Lipinski definition) is 4. The van der Waals surface area contributed by atoms with E-state index in [0.717, 1.165) is 49.7 Å². The molecule has 1 aromatic heterocycles. The Kier molecular flexibility index (Phi) is 6.80. The van der Waals surface area contributed by atoms with Crippen molar-refractivity contribution in [3.63, 3.8) is 0 Å². The van der Waals surface area contributed by atoms with Crippen LogP contribution < -0.4 is 0 Å². The minimum absolute atomic E-state index is 0.0548. The number of amides is 1. The molecule has 27 heavy (non-hydrogen) atoms. The highest BCUT2D eigenvalue weighted by atomic mass is 35.5. The van der Waals surface area contributed by atoms with Gasteiger partial charge in [-0.1, -0.05) is 23.7 Å². The molecule has 1 aromatic carbocycles. The van der Waals surface area contributed by atoms with Gasteiger partial charge in [-0.3, -0.25) is 9.78 Å². The van der Waals surface area contributed by atoms with Crippen LogP contribution in [0.5, 0.6) is 0 Å². The first-order valence-electron chi connectivity index (χ1n) is 9.52. The molecule has 0 unspecified atom stereocenters. The van der Waals surface area contributed by atoms with Crippen molar-refractivity contribution in [2.45, 2.75) is 26.2 Å². The molecular weight excluding hydrogens is 360 g/mol. The van der Waals surface area contributed by atoms with Crippen molar-refractivity contribution in [1.29, 1.82) is 0 Å². The van der Waals surface area contributed by atoms with Crippen LogP contribution in [0.15, 0.2) is 36.7 Å². The van der Waals surface area contributed by atoms with Crippen molar-refractivity contribution in [2.24, 2.45) is 5.92 Å². The SMILES string of the molecule is Cc1cnc(C(=O)N(C)C[C@H]2CCCN(CCc3ccc(Cl)cc3)C2)cn1. The Bertz CT molecular complexity index is 748.